The Bertz CT molecular complexity index is 179. The van der Waals surface area contributed by atoms with E-state index in [9.17, 15) is 0 Å². The zero-order valence-electron chi connectivity index (χ0n) is 10.4. The molecule has 5 heteroatoms. The number of aliphatic imine (C=N–C) groups is 1. The first kappa shape index (κ1) is 14.2. The van der Waals surface area contributed by atoms with Gasteiger partial charge < -0.3 is 10.2 Å². The van der Waals surface area contributed by atoms with Crippen LogP contribution in [0.15, 0.2) is 4.99 Å². The topological polar surface area (TPSA) is 65.7 Å². The number of hydrazine groups is 1. The monoisotopic (exact) mass is 215 g/mol. The minimum absolute atomic E-state index is 0.550. The summed E-state index contributed by atoms with van der Waals surface area (Å²) in [6, 6.07) is 0. The molecule has 0 fully saturated rings. The van der Waals surface area contributed by atoms with Gasteiger partial charge >= 0.3 is 0 Å². The third kappa shape index (κ3) is 8.20. The molecule has 0 bridgehead atoms. The van der Waals surface area contributed by atoms with Crippen LogP contribution < -0.4 is 16.6 Å². The van der Waals surface area contributed by atoms with E-state index in [-0.39, 0.29) is 0 Å². The number of nitrogens with one attached hydrogen (secondary N) is 2. The lowest BCUT2D eigenvalue weighted by molar-refractivity contribution is 0.357. The minimum Gasteiger partial charge on any atom is -0.354 e. The third-order valence-electron chi connectivity index (χ3n) is 2.08. The number of hydrogen-bond acceptors (Lipinski definition) is 3. The molecule has 5 nitrogen and oxygen atoms in total. The first-order valence-electron chi connectivity index (χ1n) is 5.53. The van der Waals surface area contributed by atoms with Gasteiger partial charge in [-0.3, -0.25) is 10.4 Å². The zero-order valence-corrected chi connectivity index (χ0v) is 10.4. The SMILES string of the molecule is CCN(C)CCNC(=NCC(C)C)NN. The van der Waals surface area contributed by atoms with E-state index in [2.05, 4.69) is 48.5 Å². The van der Waals surface area contributed by atoms with Crippen molar-refractivity contribution < 1.29 is 0 Å². The van der Waals surface area contributed by atoms with Gasteiger partial charge in [-0.1, -0.05) is 20.8 Å². The highest BCUT2D eigenvalue weighted by Crippen LogP contribution is 1.90. The summed E-state index contributed by atoms with van der Waals surface area (Å²) in [5.74, 6) is 6.58. The second kappa shape index (κ2) is 8.49. The molecule has 0 aromatic carbocycles. The van der Waals surface area contributed by atoms with Crippen molar-refractivity contribution in [3.63, 3.8) is 0 Å². The molecule has 0 aliphatic rings. The second-order valence-corrected chi connectivity index (χ2v) is 4.05. The molecule has 0 amide bonds. The van der Waals surface area contributed by atoms with Crippen molar-refractivity contribution in [3.8, 4) is 0 Å². The summed E-state index contributed by atoms with van der Waals surface area (Å²) in [5, 5.41) is 3.16. The van der Waals surface area contributed by atoms with Crippen molar-refractivity contribution in [2.75, 3.05) is 33.2 Å². The molecule has 0 heterocycles. The maximum atomic E-state index is 5.35. The Hall–Kier alpha value is -0.810. The van der Waals surface area contributed by atoms with E-state index in [1.54, 1.807) is 0 Å². The van der Waals surface area contributed by atoms with Gasteiger partial charge in [-0.05, 0) is 19.5 Å². The number of nitrogens with two attached hydrogens (primary N) is 1. The summed E-state index contributed by atoms with van der Waals surface area (Å²) in [7, 11) is 2.09. The fourth-order valence-corrected chi connectivity index (χ4v) is 0.950. The Morgan fingerprint density at radius 3 is 2.60 bits per heavy atom. The standard InChI is InChI=1S/C10H25N5/c1-5-15(4)7-6-12-10(14-11)13-8-9(2)3/h9H,5-8,11H2,1-4H3,(H2,12,13,14). The minimum atomic E-state index is 0.550. The first-order valence-corrected chi connectivity index (χ1v) is 5.53. The van der Waals surface area contributed by atoms with Crippen molar-refractivity contribution >= 4 is 5.96 Å². The van der Waals surface area contributed by atoms with Gasteiger partial charge in [0.1, 0.15) is 0 Å². The predicted molar refractivity (Wildman–Crippen MR) is 65.6 cm³/mol. The van der Waals surface area contributed by atoms with Gasteiger partial charge in [-0.25, -0.2) is 5.84 Å². The molecule has 0 saturated heterocycles. The number of likely N-dealkylation sites (N-methyl/N-ethyl adjacent to an activating group) is 1. The van der Waals surface area contributed by atoms with Crippen LogP contribution in [0.2, 0.25) is 0 Å². The van der Waals surface area contributed by atoms with Crippen LogP contribution in [-0.2, 0) is 0 Å². The maximum absolute atomic E-state index is 5.35. The lowest BCUT2D eigenvalue weighted by atomic mass is 10.2. The van der Waals surface area contributed by atoms with Crippen LogP contribution in [-0.4, -0.2) is 44.1 Å². The Kier molecular flexibility index (Phi) is 8.04. The van der Waals surface area contributed by atoms with Gasteiger partial charge in [0, 0.05) is 19.6 Å². The summed E-state index contributed by atoms with van der Waals surface area (Å²) in [6.07, 6.45) is 0. The average Bonchev–Trinajstić information content (AvgIpc) is 2.22. The Balaban J connectivity index is 3.74. The van der Waals surface area contributed by atoms with E-state index < -0.39 is 0 Å². The van der Waals surface area contributed by atoms with E-state index in [0.29, 0.717) is 11.9 Å². The van der Waals surface area contributed by atoms with E-state index in [1.807, 2.05) is 0 Å². The Morgan fingerprint density at radius 1 is 1.47 bits per heavy atom. The van der Waals surface area contributed by atoms with E-state index >= 15 is 0 Å². The molecular weight excluding hydrogens is 190 g/mol. The van der Waals surface area contributed by atoms with Gasteiger partial charge in [0.2, 0.25) is 5.96 Å². The van der Waals surface area contributed by atoms with Crippen LogP contribution in [0, 0.1) is 5.92 Å². The molecule has 0 saturated carbocycles. The quantitative estimate of drug-likeness (QED) is 0.253. The molecule has 0 aliphatic heterocycles. The summed E-state index contributed by atoms with van der Waals surface area (Å²) < 4.78 is 0. The van der Waals surface area contributed by atoms with E-state index in [1.165, 1.54) is 0 Å². The fourth-order valence-electron chi connectivity index (χ4n) is 0.950. The van der Waals surface area contributed by atoms with Crippen molar-refractivity contribution in [1.29, 1.82) is 0 Å². The maximum Gasteiger partial charge on any atom is 0.205 e. The van der Waals surface area contributed by atoms with Crippen LogP contribution in [0.3, 0.4) is 0 Å². The smallest absolute Gasteiger partial charge is 0.205 e. The van der Waals surface area contributed by atoms with Crippen molar-refractivity contribution in [2.24, 2.45) is 16.8 Å². The number of guanidine groups is 1. The van der Waals surface area contributed by atoms with E-state index in [0.717, 1.165) is 26.2 Å². The van der Waals surface area contributed by atoms with Gasteiger partial charge in [0.15, 0.2) is 0 Å². The van der Waals surface area contributed by atoms with Crippen molar-refractivity contribution in [2.45, 2.75) is 20.8 Å². The second-order valence-electron chi connectivity index (χ2n) is 4.05. The van der Waals surface area contributed by atoms with Crippen LogP contribution in [0.4, 0.5) is 0 Å². The average molecular weight is 215 g/mol. The normalized spacial score (nSPS) is 12.3. The molecule has 15 heavy (non-hydrogen) atoms. The molecule has 0 aromatic rings. The third-order valence-corrected chi connectivity index (χ3v) is 2.08. The van der Waals surface area contributed by atoms with E-state index in [4.69, 9.17) is 5.84 Å². The molecule has 0 aromatic heterocycles. The lowest BCUT2D eigenvalue weighted by Crippen LogP contribution is -2.44. The fraction of sp³-hybridized carbons (Fsp3) is 0.900. The van der Waals surface area contributed by atoms with Gasteiger partial charge in [0.05, 0.1) is 0 Å². The van der Waals surface area contributed by atoms with Gasteiger partial charge in [-0.2, -0.15) is 0 Å². The number of nitrogens with zero attached hydrogens (tertiary/aromatic N) is 2. The molecule has 0 unspecified atom stereocenters. The van der Waals surface area contributed by atoms with Crippen LogP contribution in [0.1, 0.15) is 20.8 Å². The summed E-state index contributed by atoms with van der Waals surface area (Å²) in [5.41, 5.74) is 2.57. The lowest BCUT2D eigenvalue weighted by Gasteiger charge is -2.15. The molecule has 0 spiro atoms. The summed E-state index contributed by atoms with van der Waals surface area (Å²) >= 11 is 0. The number of rotatable bonds is 6. The van der Waals surface area contributed by atoms with Crippen LogP contribution in [0.5, 0.6) is 0 Å². The van der Waals surface area contributed by atoms with Gasteiger partial charge in [0.25, 0.3) is 0 Å². The molecule has 0 aliphatic carbocycles. The Labute approximate surface area is 93.1 Å². The first-order chi connectivity index (χ1) is 7.10. The highest BCUT2D eigenvalue weighted by atomic mass is 15.3. The molecule has 0 rings (SSSR count). The Morgan fingerprint density at radius 2 is 2.13 bits per heavy atom. The van der Waals surface area contributed by atoms with Crippen molar-refractivity contribution in [3.05, 3.63) is 0 Å². The molecule has 4 N–H and O–H groups in total. The van der Waals surface area contributed by atoms with Crippen LogP contribution >= 0.6 is 0 Å². The zero-order chi connectivity index (χ0) is 11.7. The molecule has 0 atom stereocenters. The molecule has 90 valence electrons. The van der Waals surface area contributed by atoms with Gasteiger partial charge in [-0.15, -0.1) is 0 Å². The van der Waals surface area contributed by atoms with Crippen molar-refractivity contribution in [1.82, 2.24) is 15.6 Å². The van der Waals surface area contributed by atoms with Crippen LogP contribution in [0.25, 0.3) is 0 Å². The number of hydrogen-bond donors (Lipinski definition) is 3. The highest BCUT2D eigenvalue weighted by molar-refractivity contribution is 5.79. The predicted octanol–water partition coefficient (Wildman–Crippen LogP) is 0.00300. The molecule has 0 radical (unpaired) electrons. The summed E-state index contributed by atoms with van der Waals surface area (Å²) in [6.45, 7) is 10.1. The highest BCUT2D eigenvalue weighted by Gasteiger charge is 1.98. The summed E-state index contributed by atoms with van der Waals surface area (Å²) in [4.78, 5) is 6.54. The molecular formula is C10H25N5. The largest absolute Gasteiger partial charge is 0.354 e.